The number of hydrogen-bond donors (Lipinski definition) is 4. The Morgan fingerprint density at radius 1 is 1.17 bits per heavy atom. The van der Waals surface area contributed by atoms with Crippen molar-refractivity contribution in [1.82, 2.24) is 15.0 Å². The molecule has 2 aliphatic carbocycles. The molecule has 6 atom stereocenters. The summed E-state index contributed by atoms with van der Waals surface area (Å²) in [5.74, 6) is -2.86. The van der Waals surface area contributed by atoms with Crippen LogP contribution >= 0.6 is 0 Å². The van der Waals surface area contributed by atoms with E-state index in [9.17, 15) is 25.2 Å². The van der Waals surface area contributed by atoms with Crippen LogP contribution in [-0.4, -0.2) is 80.3 Å². The van der Waals surface area contributed by atoms with E-state index < -0.39 is 23.7 Å². The maximum atomic E-state index is 12.7. The zero-order chi connectivity index (χ0) is 29.1. The first kappa shape index (κ1) is 29.0. The van der Waals surface area contributed by atoms with Gasteiger partial charge < -0.3 is 34.7 Å². The summed E-state index contributed by atoms with van der Waals surface area (Å²) in [7, 11) is 2.72. The molecule has 1 aliphatic heterocycles. The number of phenolic OH excluding ortho intramolecular Hbond substituents is 1. The normalized spacial score (nSPS) is 29.2. The quantitative estimate of drug-likeness (QED) is 0.179. The van der Waals surface area contributed by atoms with Crippen LogP contribution in [0.4, 0.5) is 0 Å². The maximum absolute atomic E-state index is 12.7. The van der Waals surface area contributed by atoms with Crippen LogP contribution in [0, 0.1) is 17.8 Å². The van der Waals surface area contributed by atoms with Crippen LogP contribution in [0.5, 0.6) is 11.5 Å². The number of rotatable bonds is 11. The first-order chi connectivity index (χ1) is 19.9. The van der Waals surface area contributed by atoms with Crippen molar-refractivity contribution in [1.29, 1.82) is 0 Å². The van der Waals surface area contributed by atoms with Gasteiger partial charge >= 0.3 is 5.97 Å². The third kappa shape index (κ3) is 5.20. The van der Waals surface area contributed by atoms with Gasteiger partial charge in [0.2, 0.25) is 5.79 Å². The molecule has 222 valence electrons. The number of oxime groups is 1. The summed E-state index contributed by atoms with van der Waals surface area (Å²) < 4.78 is 12.7. The van der Waals surface area contributed by atoms with E-state index in [-0.39, 0.29) is 48.8 Å². The van der Waals surface area contributed by atoms with Gasteiger partial charge in [0.1, 0.15) is 24.7 Å². The Labute approximate surface area is 238 Å². The number of esters is 1. The van der Waals surface area contributed by atoms with Gasteiger partial charge in [-0.05, 0) is 61.3 Å². The van der Waals surface area contributed by atoms with Gasteiger partial charge in [-0.2, -0.15) is 0 Å². The number of phenols is 1. The monoisotopic (exact) mass is 570 g/mol. The number of nitrogens with zero attached hydrogens (tertiary/aromatic N) is 4. The van der Waals surface area contributed by atoms with Gasteiger partial charge in [-0.25, -0.2) is 9.48 Å². The zero-order valence-electron chi connectivity index (χ0n) is 23.3. The first-order valence-corrected chi connectivity index (χ1v) is 14.1. The number of ether oxygens (including phenoxy) is 2. The van der Waals surface area contributed by atoms with Crippen molar-refractivity contribution in [3.63, 3.8) is 0 Å². The Morgan fingerprint density at radius 2 is 1.93 bits per heavy atom. The molecule has 12 heteroatoms. The summed E-state index contributed by atoms with van der Waals surface area (Å²) in [4.78, 5) is 17.9. The second-order valence-electron chi connectivity index (χ2n) is 11.0. The number of aromatic nitrogens is 3. The van der Waals surface area contributed by atoms with E-state index in [1.807, 2.05) is 0 Å². The summed E-state index contributed by atoms with van der Waals surface area (Å²) in [6.07, 6.45) is 8.05. The van der Waals surface area contributed by atoms with Gasteiger partial charge in [0, 0.05) is 31.1 Å². The lowest BCUT2D eigenvalue weighted by atomic mass is 9.55. The lowest BCUT2D eigenvalue weighted by molar-refractivity contribution is -0.225. The van der Waals surface area contributed by atoms with Gasteiger partial charge in [-0.3, -0.25) is 0 Å². The molecule has 1 saturated carbocycles. The molecule has 0 spiro atoms. The largest absolute Gasteiger partial charge is 0.508 e. The lowest BCUT2D eigenvalue weighted by Crippen LogP contribution is -2.62. The van der Waals surface area contributed by atoms with Crippen LogP contribution in [-0.2, 0) is 9.57 Å². The summed E-state index contributed by atoms with van der Waals surface area (Å²) in [5, 5.41) is 54.7. The third-order valence-corrected chi connectivity index (χ3v) is 8.73. The summed E-state index contributed by atoms with van der Waals surface area (Å²) in [6, 6.07) is 3.95. The fourth-order valence-corrected chi connectivity index (χ4v) is 7.04. The number of aliphatic hydroxyl groups excluding tert-OH is 2. The van der Waals surface area contributed by atoms with E-state index >= 15 is 0 Å². The van der Waals surface area contributed by atoms with Crippen molar-refractivity contribution >= 4 is 11.7 Å². The standard InChI is InChI=1S/C29H38N4O8/c1-39-28(37)23-16-30-32-33(23)25-15-22(31-40-2)20-13-17(7-3-5-11-34)19(8-4-6-12-35)26-21-14-18(36)9-10-24(21)41-29(25,38)27(20)26/h9-10,13-14,16-17,19,25-27,34-36,38H,3-8,11-12,15H2,1-2H3. The fraction of sp³-hybridized carbons (Fsp3) is 0.586. The summed E-state index contributed by atoms with van der Waals surface area (Å²) >= 11 is 0. The van der Waals surface area contributed by atoms with E-state index in [4.69, 9.17) is 14.3 Å². The highest BCUT2D eigenvalue weighted by Crippen LogP contribution is 2.62. The fourth-order valence-electron chi connectivity index (χ4n) is 7.04. The van der Waals surface area contributed by atoms with Crippen LogP contribution in [0.1, 0.15) is 73.0 Å². The van der Waals surface area contributed by atoms with Crippen molar-refractivity contribution in [3.05, 3.63) is 47.3 Å². The number of aromatic hydroxyl groups is 1. The molecule has 2 aromatic rings. The molecule has 2 heterocycles. The van der Waals surface area contributed by atoms with Crippen molar-refractivity contribution in [2.75, 3.05) is 27.4 Å². The van der Waals surface area contributed by atoms with Crippen molar-refractivity contribution in [3.8, 4) is 11.5 Å². The topological polar surface area (TPSA) is 169 Å². The Hall–Kier alpha value is -3.48. The highest BCUT2D eigenvalue weighted by Gasteiger charge is 2.63. The number of carbonyl (C=O) groups excluding carboxylic acids is 1. The van der Waals surface area contributed by atoms with Crippen molar-refractivity contribution in [2.45, 2.75) is 62.7 Å². The van der Waals surface area contributed by atoms with Gasteiger partial charge in [-0.1, -0.05) is 29.3 Å². The van der Waals surface area contributed by atoms with Gasteiger partial charge in [0.25, 0.3) is 0 Å². The zero-order valence-corrected chi connectivity index (χ0v) is 23.3. The first-order valence-electron chi connectivity index (χ1n) is 14.1. The van der Waals surface area contributed by atoms with E-state index in [1.165, 1.54) is 31.2 Å². The molecular formula is C29H38N4O8. The molecular weight excluding hydrogens is 532 g/mol. The number of allylic oxidation sites excluding steroid dienone is 1. The third-order valence-electron chi connectivity index (χ3n) is 8.73. The minimum Gasteiger partial charge on any atom is -0.508 e. The number of unbranched alkanes of at least 4 members (excludes halogenated alkanes) is 2. The SMILES string of the molecule is CON=C1CC(n2nncc2C(=O)OC)C2(O)Oc3ccc(O)cc3C3C(CCCCO)C(CCCCO)C=C1C32. The number of aliphatic hydroxyl groups is 3. The molecule has 0 saturated heterocycles. The molecule has 0 amide bonds. The molecule has 41 heavy (non-hydrogen) atoms. The van der Waals surface area contributed by atoms with E-state index in [2.05, 4.69) is 21.5 Å². The summed E-state index contributed by atoms with van der Waals surface area (Å²) in [5.41, 5.74) is 2.22. The number of fused-ring (bicyclic) bond motifs is 2. The van der Waals surface area contributed by atoms with Crippen LogP contribution < -0.4 is 4.74 Å². The van der Waals surface area contributed by atoms with Gasteiger partial charge in [-0.15, -0.1) is 5.10 Å². The Balaban J connectivity index is 1.72. The minimum absolute atomic E-state index is 0.0170. The van der Waals surface area contributed by atoms with E-state index in [1.54, 1.807) is 12.1 Å². The van der Waals surface area contributed by atoms with Crippen LogP contribution in [0.25, 0.3) is 0 Å². The smallest absolute Gasteiger partial charge is 0.358 e. The van der Waals surface area contributed by atoms with Crippen LogP contribution in [0.3, 0.4) is 0 Å². The predicted octanol–water partition coefficient (Wildman–Crippen LogP) is 2.70. The molecule has 12 nitrogen and oxygen atoms in total. The molecule has 0 radical (unpaired) electrons. The molecule has 6 unspecified atom stereocenters. The van der Waals surface area contributed by atoms with Gasteiger partial charge in [0.05, 0.1) is 24.9 Å². The number of carbonyl (C=O) groups is 1. The average Bonchev–Trinajstić information content (AvgIpc) is 3.45. The van der Waals surface area contributed by atoms with Crippen LogP contribution in [0.2, 0.25) is 0 Å². The number of benzene rings is 1. The predicted molar refractivity (Wildman–Crippen MR) is 146 cm³/mol. The van der Waals surface area contributed by atoms with E-state index in [0.717, 1.165) is 36.8 Å². The molecule has 1 aromatic heterocycles. The lowest BCUT2D eigenvalue weighted by Gasteiger charge is -2.56. The molecule has 1 fully saturated rings. The Bertz CT molecular complexity index is 1310. The highest BCUT2D eigenvalue weighted by molar-refractivity contribution is 6.02. The minimum atomic E-state index is -1.87. The second-order valence-corrected chi connectivity index (χ2v) is 11.0. The van der Waals surface area contributed by atoms with Crippen molar-refractivity contribution in [2.24, 2.45) is 22.9 Å². The van der Waals surface area contributed by atoms with E-state index in [0.29, 0.717) is 24.3 Å². The molecule has 3 aliphatic rings. The van der Waals surface area contributed by atoms with Gasteiger partial charge in [0.15, 0.2) is 5.69 Å². The Kier molecular flexibility index (Phi) is 8.62. The Morgan fingerprint density at radius 3 is 2.63 bits per heavy atom. The summed E-state index contributed by atoms with van der Waals surface area (Å²) in [6.45, 7) is 0.185. The van der Waals surface area contributed by atoms with Crippen LogP contribution in [0.15, 0.2) is 41.2 Å². The second kappa shape index (κ2) is 12.2. The molecule has 0 bridgehead atoms. The maximum Gasteiger partial charge on any atom is 0.358 e. The highest BCUT2D eigenvalue weighted by atomic mass is 16.6. The molecule has 4 N–H and O–H groups in total. The average molecular weight is 571 g/mol. The molecule has 5 rings (SSSR count). The number of methoxy groups -OCH3 is 1. The number of hydrogen-bond acceptors (Lipinski definition) is 11. The van der Waals surface area contributed by atoms with Crippen molar-refractivity contribution < 1.29 is 39.5 Å². The molecule has 1 aromatic carbocycles.